The van der Waals surface area contributed by atoms with Crippen LogP contribution in [0.5, 0.6) is 5.75 Å². The molecule has 1 saturated heterocycles. The van der Waals surface area contributed by atoms with Gasteiger partial charge >= 0.3 is 6.36 Å². The first-order valence-electron chi connectivity index (χ1n) is 8.22. The lowest BCUT2D eigenvalue weighted by molar-refractivity contribution is -0.274. The normalized spacial score (nSPS) is 26.4. The molecule has 2 amide bonds. The number of anilines is 1. The predicted molar refractivity (Wildman–Crippen MR) is 96.4 cm³/mol. The summed E-state index contributed by atoms with van der Waals surface area (Å²) in [5, 5.41) is 0.594. The smallest absolute Gasteiger partial charge is 0.406 e. The molecule has 0 spiro atoms. The standard InChI is InChI=1S/C19H12Cl2F3NO3/c1-18-14(9-2-4-13(5-3-9)28-19(22,23)24)15(18)16(26)25(17(18)27)12-7-10(20)6-11(21)8-12/h2-8,14-15H,1H3. The van der Waals surface area contributed by atoms with E-state index < -0.39 is 23.6 Å². The first-order chi connectivity index (χ1) is 13.0. The van der Waals surface area contributed by atoms with Gasteiger partial charge in [0.25, 0.3) is 0 Å². The van der Waals surface area contributed by atoms with Gasteiger partial charge in [0, 0.05) is 16.0 Å². The molecule has 28 heavy (non-hydrogen) atoms. The predicted octanol–water partition coefficient (Wildman–Crippen LogP) is 5.19. The van der Waals surface area contributed by atoms with Crippen LogP contribution in [0, 0.1) is 11.3 Å². The maximum Gasteiger partial charge on any atom is 0.573 e. The van der Waals surface area contributed by atoms with Gasteiger partial charge in [0.05, 0.1) is 17.0 Å². The largest absolute Gasteiger partial charge is 0.573 e. The molecule has 3 unspecified atom stereocenters. The summed E-state index contributed by atoms with van der Waals surface area (Å²) in [7, 11) is 0. The molecule has 0 N–H and O–H groups in total. The van der Waals surface area contributed by atoms with Crippen molar-refractivity contribution in [2.24, 2.45) is 11.3 Å². The molecule has 3 atom stereocenters. The van der Waals surface area contributed by atoms with E-state index in [1.807, 2.05) is 0 Å². The van der Waals surface area contributed by atoms with E-state index in [1.54, 1.807) is 6.92 Å². The summed E-state index contributed by atoms with van der Waals surface area (Å²) in [6.45, 7) is 1.68. The van der Waals surface area contributed by atoms with Gasteiger partial charge in [-0.15, -0.1) is 13.2 Å². The van der Waals surface area contributed by atoms with Crippen molar-refractivity contribution in [1.29, 1.82) is 0 Å². The number of rotatable bonds is 3. The van der Waals surface area contributed by atoms with Crippen LogP contribution in [0.15, 0.2) is 42.5 Å². The van der Waals surface area contributed by atoms with Crippen molar-refractivity contribution in [3.05, 3.63) is 58.1 Å². The van der Waals surface area contributed by atoms with Gasteiger partial charge in [-0.1, -0.05) is 35.3 Å². The van der Waals surface area contributed by atoms with E-state index in [0.29, 0.717) is 21.3 Å². The minimum atomic E-state index is -4.78. The SMILES string of the molecule is CC12C(=O)N(c3cc(Cl)cc(Cl)c3)C(=O)C1C2c1ccc(OC(F)(F)F)cc1. The molecule has 4 rings (SSSR count). The number of nitrogens with zero attached hydrogens (tertiary/aromatic N) is 1. The van der Waals surface area contributed by atoms with Crippen LogP contribution in [0.1, 0.15) is 18.4 Å². The number of amides is 2. The summed E-state index contributed by atoms with van der Waals surface area (Å²) in [5.74, 6) is -2.13. The van der Waals surface area contributed by atoms with Gasteiger partial charge in [-0.25, -0.2) is 4.90 Å². The van der Waals surface area contributed by atoms with Crippen LogP contribution < -0.4 is 9.64 Å². The molecule has 2 aromatic carbocycles. The maximum atomic E-state index is 13.0. The van der Waals surface area contributed by atoms with Crippen LogP contribution in [0.2, 0.25) is 10.0 Å². The second-order valence-corrected chi connectivity index (χ2v) is 7.83. The molecule has 0 radical (unpaired) electrons. The molecule has 0 aromatic heterocycles. The molecule has 2 aliphatic rings. The van der Waals surface area contributed by atoms with Gasteiger partial charge in [-0.05, 0) is 42.8 Å². The number of hydrogen-bond donors (Lipinski definition) is 0. The van der Waals surface area contributed by atoms with Crippen molar-refractivity contribution in [2.45, 2.75) is 19.2 Å². The highest BCUT2D eigenvalue weighted by Gasteiger charge is 2.77. The van der Waals surface area contributed by atoms with Gasteiger partial charge in [0.2, 0.25) is 11.8 Å². The third-order valence-corrected chi connectivity index (χ3v) is 5.68. The van der Waals surface area contributed by atoms with Crippen molar-refractivity contribution in [3.63, 3.8) is 0 Å². The Kier molecular flexibility index (Phi) is 4.17. The first kappa shape index (κ1) is 19.1. The quantitative estimate of drug-likeness (QED) is 0.631. The Morgan fingerprint density at radius 2 is 1.57 bits per heavy atom. The minimum Gasteiger partial charge on any atom is -0.406 e. The fourth-order valence-electron chi connectivity index (χ4n) is 3.99. The Bertz CT molecular complexity index is 973. The molecule has 0 bridgehead atoms. The van der Waals surface area contributed by atoms with Gasteiger partial charge < -0.3 is 4.74 Å². The topological polar surface area (TPSA) is 46.6 Å². The second-order valence-electron chi connectivity index (χ2n) is 6.96. The first-order valence-corrected chi connectivity index (χ1v) is 8.98. The number of imide groups is 1. The number of fused-ring (bicyclic) bond motifs is 1. The molecule has 2 aromatic rings. The van der Waals surface area contributed by atoms with E-state index >= 15 is 0 Å². The fourth-order valence-corrected chi connectivity index (χ4v) is 4.50. The monoisotopic (exact) mass is 429 g/mol. The lowest BCUT2D eigenvalue weighted by Crippen LogP contribution is -2.36. The number of ether oxygens (including phenoxy) is 1. The molecule has 2 fully saturated rings. The summed E-state index contributed by atoms with van der Waals surface area (Å²) in [4.78, 5) is 26.9. The molecule has 1 saturated carbocycles. The summed E-state index contributed by atoms with van der Waals surface area (Å²) >= 11 is 11.9. The van der Waals surface area contributed by atoms with Crippen LogP contribution in [0.4, 0.5) is 18.9 Å². The Hall–Kier alpha value is -2.25. The Morgan fingerprint density at radius 1 is 1.00 bits per heavy atom. The Labute approximate surface area is 167 Å². The molecule has 1 heterocycles. The number of hydrogen-bond acceptors (Lipinski definition) is 3. The molecular formula is C19H12Cl2F3NO3. The van der Waals surface area contributed by atoms with E-state index in [0.717, 1.165) is 4.90 Å². The Morgan fingerprint density at radius 3 is 2.04 bits per heavy atom. The van der Waals surface area contributed by atoms with Crippen LogP contribution in [0.25, 0.3) is 0 Å². The maximum absolute atomic E-state index is 13.0. The van der Waals surface area contributed by atoms with E-state index in [1.165, 1.54) is 42.5 Å². The highest BCUT2D eigenvalue weighted by atomic mass is 35.5. The van der Waals surface area contributed by atoms with E-state index in [-0.39, 0.29) is 17.6 Å². The van der Waals surface area contributed by atoms with Crippen molar-refractivity contribution in [1.82, 2.24) is 0 Å². The van der Waals surface area contributed by atoms with Crippen LogP contribution >= 0.6 is 23.2 Å². The van der Waals surface area contributed by atoms with Crippen LogP contribution in [0.3, 0.4) is 0 Å². The minimum absolute atomic E-state index is 0.297. The Balaban J connectivity index is 1.59. The zero-order valence-corrected chi connectivity index (χ0v) is 15.8. The number of halogens is 5. The molecule has 9 heteroatoms. The van der Waals surface area contributed by atoms with Crippen molar-refractivity contribution < 1.29 is 27.5 Å². The summed E-state index contributed by atoms with van der Waals surface area (Å²) in [5.41, 5.74) is -0.0562. The number of benzene rings is 2. The molecule has 4 nitrogen and oxygen atoms in total. The number of carbonyl (C=O) groups excluding carboxylic acids is 2. The molecular weight excluding hydrogens is 418 g/mol. The fraction of sp³-hybridized carbons (Fsp3) is 0.263. The van der Waals surface area contributed by atoms with E-state index in [2.05, 4.69) is 4.74 Å². The van der Waals surface area contributed by atoms with Crippen molar-refractivity contribution in [3.8, 4) is 5.75 Å². The average Bonchev–Trinajstić information content (AvgIpc) is 3.14. The lowest BCUT2D eigenvalue weighted by atomic mass is 9.99. The van der Waals surface area contributed by atoms with Crippen LogP contribution in [-0.2, 0) is 9.59 Å². The average molecular weight is 430 g/mol. The van der Waals surface area contributed by atoms with E-state index in [4.69, 9.17) is 23.2 Å². The third-order valence-electron chi connectivity index (χ3n) is 5.25. The summed E-state index contributed by atoms with van der Waals surface area (Å²) < 4.78 is 40.7. The van der Waals surface area contributed by atoms with Gasteiger partial charge in [-0.2, -0.15) is 0 Å². The summed E-state index contributed by atoms with van der Waals surface area (Å²) in [6.07, 6.45) is -4.78. The van der Waals surface area contributed by atoms with Crippen molar-refractivity contribution >= 4 is 40.7 Å². The van der Waals surface area contributed by atoms with Crippen molar-refractivity contribution in [2.75, 3.05) is 4.90 Å². The molecule has 1 aliphatic carbocycles. The molecule has 1 aliphatic heterocycles. The van der Waals surface area contributed by atoms with Crippen LogP contribution in [-0.4, -0.2) is 18.2 Å². The zero-order chi connectivity index (χ0) is 20.4. The van der Waals surface area contributed by atoms with Gasteiger partial charge in [-0.3, -0.25) is 9.59 Å². The summed E-state index contributed by atoms with van der Waals surface area (Å²) in [6, 6.07) is 9.68. The number of piperidine rings is 1. The van der Waals surface area contributed by atoms with Gasteiger partial charge in [0.15, 0.2) is 0 Å². The zero-order valence-electron chi connectivity index (χ0n) is 14.3. The van der Waals surface area contributed by atoms with E-state index in [9.17, 15) is 22.8 Å². The highest BCUT2D eigenvalue weighted by molar-refractivity contribution is 6.36. The number of alkyl halides is 3. The highest BCUT2D eigenvalue weighted by Crippen LogP contribution is 2.70. The third kappa shape index (κ3) is 2.93. The van der Waals surface area contributed by atoms with Gasteiger partial charge in [0.1, 0.15) is 5.75 Å². The molecule has 146 valence electrons. The lowest BCUT2D eigenvalue weighted by Gasteiger charge is -2.21. The number of carbonyl (C=O) groups is 2. The second kappa shape index (κ2) is 6.12.